The van der Waals surface area contributed by atoms with Crippen LogP contribution in [0.3, 0.4) is 0 Å². The van der Waals surface area contributed by atoms with Gasteiger partial charge in [0.2, 0.25) is 0 Å². The van der Waals surface area contributed by atoms with Gasteiger partial charge in [0.25, 0.3) is 5.91 Å². The third-order valence-electron chi connectivity index (χ3n) is 5.48. The lowest BCUT2D eigenvalue weighted by atomic mass is 10.1. The van der Waals surface area contributed by atoms with Crippen LogP contribution in [0, 0.1) is 13.8 Å². The summed E-state index contributed by atoms with van der Waals surface area (Å²) in [6, 6.07) is 19.1. The molecule has 33 heavy (non-hydrogen) atoms. The molecule has 7 heteroatoms. The molecule has 1 N–H and O–H groups in total. The van der Waals surface area contributed by atoms with Gasteiger partial charge in [-0.2, -0.15) is 0 Å². The molecule has 0 spiro atoms. The number of aromatic nitrogens is 2. The summed E-state index contributed by atoms with van der Waals surface area (Å²) in [5, 5.41) is 4.03. The lowest BCUT2D eigenvalue weighted by Crippen LogP contribution is -2.32. The second kappa shape index (κ2) is 9.86. The van der Waals surface area contributed by atoms with Crippen molar-refractivity contribution in [2.45, 2.75) is 33.4 Å². The van der Waals surface area contributed by atoms with Crippen molar-refractivity contribution in [2.75, 3.05) is 6.61 Å². The molecule has 4 rings (SSSR count). The first-order chi connectivity index (χ1) is 15.8. The van der Waals surface area contributed by atoms with Crippen LogP contribution in [0.5, 0.6) is 5.75 Å². The van der Waals surface area contributed by atoms with E-state index in [1.54, 1.807) is 6.07 Å². The van der Waals surface area contributed by atoms with E-state index >= 15 is 0 Å². The zero-order valence-electron chi connectivity index (χ0n) is 18.7. The van der Waals surface area contributed by atoms with Crippen LogP contribution in [0.1, 0.15) is 35.5 Å². The van der Waals surface area contributed by atoms with Crippen molar-refractivity contribution in [1.82, 2.24) is 14.9 Å². The van der Waals surface area contributed by atoms with Gasteiger partial charge in [0.15, 0.2) is 6.61 Å². The fourth-order valence-electron chi connectivity index (χ4n) is 3.77. The summed E-state index contributed by atoms with van der Waals surface area (Å²) in [6.07, 6.45) is 0. The Morgan fingerprint density at radius 3 is 2.64 bits per heavy atom. The predicted octanol–water partition coefficient (Wildman–Crippen LogP) is 6.26. The Morgan fingerprint density at radius 2 is 1.85 bits per heavy atom. The molecule has 0 bridgehead atoms. The topological polar surface area (TPSA) is 56.1 Å². The highest BCUT2D eigenvalue weighted by Gasteiger charge is 2.19. The number of carbonyl (C=O) groups is 1. The first-order valence-electron chi connectivity index (χ1n) is 10.7. The number of carbonyl (C=O) groups excluding carboxylic acids is 1. The molecule has 0 radical (unpaired) electrons. The second-order valence-corrected chi connectivity index (χ2v) is 8.95. The Bertz CT molecular complexity index is 1320. The average Bonchev–Trinajstić information content (AvgIpc) is 3.15. The normalized spacial score (nSPS) is 12.0. The molecule has 1 heterocycles. The number of para-hydroxylation sites is 2. The summed E-state index contributed by atoms with van der Waals surface area (Å²) < 4.78 is 7.85. The van der Waals surface area contributed by atoms with E-state index in [1.807, 2.05) is 75.4 Å². The third-order valence-corrected chi connectivity index (χ3v) is 6.22. The number of hydrogen-bond donors (Lipinski definition) is 1. The van der Waals surface area contributed by atoms with E-state index < -0.39 is 0 Å². The number of amides is 1. The Hall–Kier alpha value is -3.02. The lowest BCUT2D eigenvalue weighted by molar-refractivity contribution is -0.123. The first kappa shape index (κ1) is 23.1. The molecule has 4 aromatic rings. The maximum Gasteiger partial charge on any atom is 0.258 e. The van der Waals surface area contributed by atoms with Crippen LogP contribution >= 0.6 is 23.2 Å². The molecule has 0 aliphatic rings. The van der Waals surface area contributed by atoms with E-state index in [0.717, 1.165) is 33.5 Å². The maximum absolute atomic E-state index is 12.7. The molecule has 3 aromatic carbocycles. The number of aryl methyl sites for hydroxylation is 2. The van der Waals surface area contributed by atoms with E-state index in [0.29, 0.717) is 22.3 Å². The van der Waals surface area contributed by atoms with Gasteiger partial charge in [-0.05, 0) is 67.8 Å². The summed E-state index contributed by atoms with van der Waals surface area (Å²) in [5.74, 6) is 1.25. The first-order valence-corrected chi connectivity index (χ1v) is 11.5. The number of nitrogens with one attached hydrogen (secondary N) is 1. The van der Waals surface area contributed by atoms with Gasteiger partial charge < -0.3 is 14.6 Å². The van der Waals surface area contributed by atoms with Crippen LogP contribution in [-0.4, -0.2) is 22.1 Å². The quantitative estimate of drug-likeness (QED) is 0.338. The molecule has 0 saturated carbocycles. The van der Waals surface area contributed by atoms with Gasteiger partial charge in [-0.1, -0.05) is 53.5 Å². The van der Waals surface area contributed by atoms with Gasteiger partial charge in [-0.15, -0.1) is 0 Å². The smallest absolute Gasteiger partial charge is 0.258 e. The van der Waals surface area contributed by atoms with E-state index in [-0.39, 0.29) is 18.6 Å². The van der Waals surface area contributed by atoms with Crippen LogP contribution in [0.15, 0.2) is 60.7 Å². The summed E-state index contributed by atoms with van der Waals surface area (Å²) in [7, 11) is 0. The number of rotatable bonds is 7. The SMILES string of the molecule is Cc1ccc(C)c(OCC(=O)NC(C)c2nc3ccccc3n2Cc2ccc(Cl)c(Cl)c2)c1. The summed E-state index contributed by atoms with van der Waals surface area (Å²) in [5.41, 5.74) is 4.91. The highest BCUT2D eigenvalue weighted by molar-refractivity contribution is 6.42. The van der Waals surface area contributed by atoms with Gasteiger partial charge in [0.05, 0.1) is 27.1 Å². The van der Waals surface area contributed by atoms with Gasteiger partial charge >= 0.3 is 0 Å². The Balaban J connectivity index is 1.54. The molecule has 0 fully saturated rings. The molecule has 170 valence electrons. The van der Waals surface area contributed by atoms with Crippen molar-refractivity contribution in [2.24, 2.45) is 0 Å². The minimum absolute atomic E-state index is 0.0678. The van der Waals surface area contributed by atoms with Gasteiger partial charge in [0, 0.05) is 6.54 Å². The number of hydrogen-bond acceptors (Lipinski definition) is 3. The minimum atomic E-state index is -0.324. The van der Waals surface area contributed by atoms with E-state index in [9.17, 15) is 4.79 Å². The molecule has 5 nitrogen and oxygen atoms in total. The number of nitrogens with zero attached hydrogens (tertiary/aromatic N) is 2. The molecular weight excluding hydrogens is 457 g/mol. The summed E-state index contributed by atoms with van der Waals surface area (Å²) >= 11 is 12.3. The van der Waals surface area contributed by atoms with Crippen molar-refractivity contribution >= 4 is 40.1 Å². The number of benzene rings is 3. The zero-order valence-corrected chi connectivity index (χ0v) is 20.2. The second-order valence-electron chi connectivity index (χ2n) is 8.14. The standard InChI is InChI=1S/C26H25Cl2N3O2/c1-16-8-9-17(2)24(12-16)33-15-25(32)29-18(3)26-30-22-6-4-5-7-23(22)31(26)14-19-10-11-20(27)21(28)13-19/h4-13,18H,14-15H2,1-3H3,(H,29,32). The Kier molecular flexibility index (Phi) is 6.91. The third kappa shape index (κ3) is 5.32. The van der Waals surface area contributed by atoms with E-state index in [4.69, 9.17) is 32.9 Å². The molecule has 0 aliphatic carbocycles. The molecule has 0 aliphatic heterocycles. The van der Waals surface area contributed by atoms with Crippen LogP contribution in [-0.2, 0) is 11.3 Å². The van der Waals surface area contributed by atoms with Crippen LogP contribution in [0.25, 0.3) is 11.0 Å². The molecule has 0 saturated heterocycles. The largest absolute Gasteiger partial charge is 0.483 e. The Labute approximate surface area is 203 Å². The number of imidazole rings is 1. The maximum atomic E-state index is 12.7. The monoisotopic (exact) mass is 481 g/mol. The fraction of sp³-hybridized carbons (Fsp3) is 0.231. The number of ether oxygens (including phenoxy) is 1. The van der Waals surface area contributed by atoms with Crippen LogP contribution in [0.2, 0.25) is 10.0 Å². The zero-order chi connectivity index (χ0) is 23.5. The highest BCUT2D eigenvalue weighted by atomic mass is 35.5. The van der Waals surface area contributed by atoms with E-state index in [2.05, 4.69) is 9.88 Å². The van der Waals surface area contributed by atoms with Crippen LogP contribution in [0.4, 0.5) is 0 Å². The van der Waals surface area contributed by atoms with Gasteiger partial charge in [-0.25, -0.2) is 4.98 Å². The van der Waals surface area contributed by atoms with Crippen molar-refractivity contribution in [3.63, 3.8) is 0 Å². The number of halogens is 2. The number of fused-ring (bicyclic) bond motifs is 1. The van der Waals surface area contributed by atoms with Crippen molar-refractivity contribution < 1.29 is 9.53 Å². The van der Waals surface area contributed by atoms with Crippen LogP contribution < -0.4 is 10.1 Å². The summed E-state index contributed by atoms with van der Waals surface area (Å²) in [4.78, 5) is 17.5. The van der Waals surface area contributed by atoms with E-state index in [1.165, 1.54) is 0 Å². The van der Waals surface area contributed by atoms with Gasteiger partial charge in [-0.3, -0.25) is 4.79 Å². The predicted molar refractivity (Wildman–Crippen MR) is 133 cm³/mol. The molecular formula is C26H25Cl2N3O2. The van der Waals surface area contributed by atoms with Gasteiger partial charge in [0.1, 0.15) is 11.6 Å². The molecule has 1 unspecified atom stereocenters. The fourth-order valence-corrected chi connectivity index (χ4v) is 4.09. The molecule has 1 atom stereocenters. The van der Waals surface area contributed by atoms with Crippen molar-refractivity contribution in [3.8, 4) is 5.75 Å². The highest BCUT2D eigenvalue weighted by Crippen LogP contribution is 2.26. The summed E-state index contributed by atoms with van der Waals surface area (Å²) in [6.45, 7) is 6.35. The van der Waals surface area contributed by atoms with Crippen molar-refractivity contribution in [1.29, 1.82) is 0 Å². The minimum Gasteiger partial charge on any atom is -0.483 e. The average molecular weight is 482 g/mol. The molecule has 1 amide bonds. The molecule has 1 aromatic heterocycles. The lowest BCUT2D eigenvalue weighted by Gasteiger charge is -2.17. The Morgan fingerprint density at radius 1 is 1.06 bits per heavy atom. The van der Waals surface area contributed by atoms with Crippen molar-refractivity contribution in [3.05, 3.63) is 93.2 Å².